The fourth-order valence-electron chi connectivity index (χ4n) is 2.47. The highest BCUT2D eigenvalue weighted by Gasteiger charge is 2.16. The third-order valence-corrected chi connectivity index (χ3v) is 3.77. The molecule has 2 aromatic carbocycles. The van der Waals surface area contributed by atoms with Crippen molar-refractivity contribution < 1.29 is 0 Å². The lowest BCUT2D eigenvalue weighted by Crippen LogP contribution is -2.20. The Kier molecular flexibility index (Phi) is 4.04. The van der Waals surface area contributed by atoms with E-state index in [0.717, 1.165) is 22.0 Å². The molecule has 1 heterocycles. The van der Waals surface area contributed by atoms with Gasteiger partial charge in [-0.1, -0.05) is 54.1 Å². The van der Waals surface area contributed by atoms with Gasteiger partial charge < -0.3 is 10.3 Å². The number of benzene rings is 2. The Morgan fingerprint density at radius 3 is 2.43 bits per heavy atom. The Morgan fingerprint density at radius 2 is 1.76 bits per heavy atom. The van der Waals surface area contributed by atoms with Crippen LogP contribution in [0.15, 0.2) is 67.0 Å². The fourth-order valence-corrected chi connectivity index (χ4v) is 2.60. The average molecular weight is 298 g/mol. The number of imidazole rings is 1. The van der Waals surface area contributed by atoms with E-state index in [9.17, 15) is 0 Å². The van der Waals surface area contributed by atoms with Gasteiger partial charge in [0.25, 0.3) is 0 Å². The van der Waals surface area contributed by atoms with Gasteiger partial charge in [0, 0.05) is 29.5 Å². The molecule has 0 radical (unpaired) electrons. The zero-order valence-electron chi connectivity index (χ0n) is 11.5. The van der Waals surface area contributed by atoms with Crippen LogP contribution in [-0.4, -0.2) is 16.1 Å². The third kappa shape index (κ3) is 2.84. The third-order valence-electron chi connectivity index (χ3n) is 3.51. The largest absolute Gasteiger partial charge is 0.328 e. The molecule has 0 aliphatic heterocycles. The molecule has 3 aromatic rings. The van der Waals surface area contributed by atoms with Crippen LogP contribution in [0.4, 0.5) is 0 Å². The summed E-state index contributed by atoms with van der Waals surface area (Å²) in [5, 5.41) is 0.725. The molecule has 0 bridgehead atoms. The zero-order chi connectivity index (χ0) is 14.7. The van der Waals surface area contributed by atoms with Gasteiger partial charge in [-0.05, 0) is 17.7 Å². The first kappa shape index (κ1) is 13.9. The van der Waals surface area contributed by atoms with Gasteiger partial charge in [0.1, 0.15) is 5.82 Å². The Labute approximate surface area is 129 Å². The van der Waals surface area contributed by atoms with E-state index >= 15 is 0 Å². The molecular formula is C17H16ClN3. The number of hydrogen-bond donors (Lipinski definition) is 1. The molecule has 0 aliphatic rings. The van der Waals surface area contributed by atoms with Crippen molar-refractivity contribution in [3.63, 3.8) is 0 Å². The summed E-state index contributed by atoms with van der Waals surface area (Å²) in [6.45, 7) is 0.498. The van der Waals surface area contributed by atoms with E-state index in [0.29, 0.717) is 6.54 Å². The van der Waals surface area contributed by atoms with E-state index in [1.165, 1.54) is 0 Å². The van der Waals surface area contributed by atoms with Crippen molar-refractivity contribution >= 4 is 11.6 Å². The van der Waals surface area contributed by atoms with Gasteiger partial charge in [0.15, 0.2) is 0 Å². The molecule has 1 aromatic heterocycles. The predicted molar refractivity (Wildman–Crippen MR) is 86.3 cm³/mol. The quantitative estimate of drug-likeness (QED) is 0.797. The lowest BCUT2D eigenvalue weighted by molar-refractivity contribution is 0.600. The average Bonchev–Trinajstić information content (AvgIpc) is 3.00. The minimum absolute atomic E-state index is 0.0416. The Balaban J connectivity index is 2.03. The van der Waals surface area contributed by atoms with Crippen LogP contribution in [0.5, 0.6) is 0 Å². The van der Waals surface area contributed by atoms with Crippen molar-refractivity contribution in [2.45, 2.75) is 6.04 Å². The van der Waals surface area contributed by atoms with Crippen LogP contribution in [0.2, 0.25) is 5.02 Å². The molecule has 21 heavy (non-hydrogen) atoms. The minimum atomic E-state index is 0.0416. The van der Waals surface area contributed by atoms with Crippen LogP contribution >= 0.6 is 11.6 Å². The first-order valence-corrected chi connectivity index (χ1v) is 7.21. The van der Waals surface area contributed by atoms with Crippen LogP contribution in [0.25, 0.3) is 11.4 Å². The summed E-state index contributed by atoms with van der Waals surface area (Å²) >= 11 is 5.96. The maximum absolute atomic E-state index is 6.00. The van der Waals surface area contributed by atoms with Crippen molar-refractivity contribution in [2.24, 2.45) is 5.73 Å². The topological polar surface area (TPSA) is 43.8 Å². The first-order valence-electron chi connectivity index (χ1n) is 6.83. The smallest absolute Gasteiger partial charge is 0.140 e. The second-order valence-corrected chi connectivity index (χ2v) is 5.26. The van der Waals surface area contributed by atoms with Gasteiger partial charge >= 0.3 is 0 Å². The minimum Gasteiger partial charge on any atom is -0.328 e. The van der Waals surface area contributed by atoms with Crippen LogP contribution in [-0.2, 0) is 0 Å². The molecule has 0 saturated carbocycles. The monoisotopic (exact) mass is 297 g/mol. The van der Waals surface area contributed by atoms with Crippen molar-refractivity contribution in [3.05, 3.63) is 77.6 Å². The van der Waals surface area contributed by atoms with Crippen LogP contribution < -0.4 is 5.73 Å². The SMILES string of the molecule is NCC(c1ccc(Cl)cc1)n1ccnc1-c1ccccc1. The molecule has 2 N–H and O–H groups in total. The Hall–Kier alpha value is -2.10. The van der Waals surface area contributed by atoms with E-state index in [2.05, 4.69) is 9.55 Å². The summed E-state index contributed by atoms with van der Waals surface area (Å²) in [6.07, 6.45) is 3.77. The summed E-state index contributed by atoms with van der Waals surface area (Å²) in [5.41, 5.74) is 8.20. The number of rotatable bonds is 4. The number of hydrogen-bond acceptors (Lipinski definition) is 2. The van der Waals surface area contributed by atoms with Crippen molar-refractivity contribution in [1.29, 1.82) is 0 Å². The fraction of sp³-hybridized carbons (Fsp3) is 0.118. The molecular weight excluding hydrogens is 282 g/mol. The summed E-state index contributed by atoms with van der Waals surface area (Å²) < 4.78 is 2.11. The van der Waals surface area contributed by atoms with E-state index in [-0.39, 0.29) is 6.04 Å². The van der Waals surface area contributed by atoms with Crippen molar-refractivity contribution in [2.75, 3.05) is 6.54 Å². The number of nitrogens with zero attached hydrogens (tertiary/aromatic N) is 2. The second-order valence-electron chi connectivity index (χ2n) is 4.83. The lowest BCUT2D eigenvalue weighted by Gasteiger charge is -2.20. The lowest BCUT2D eigenvalue weighted by atomic mass is 10.1. The van der Waals surface area contributed by atoms with Crippen molar-refractivity contribution in [3.8, 4) is 11.4 Å². The predicted octanol–water partition coefficient (Wildman–Crippen LogP) is 3.75. The van der Waals surface area contributed by atoms with Crippen LogP contribution in [0.3, 0.4) is 0 Å². The molecule has 1 unspecified atom stereocenters. The summed E-state index contributed by atoms with van der Waals surface area (Å²) in [4.78, 5) is 4.48. The first-order chi connectivity index (χ1) is 10.3. The molecule has 106 valence electrons. The molecule has 0 aliphatic carbocycles. The van der Waals surface area contributed by atoms with Crippen LogP contribution in [0.1, 0.15) is 11.6 Å². The highest BCUT2D eigenvalue weighted by Crippen LogP contribution is 2.25. The van der Waals surface area contributed by atoms with E-state index in [1.54, 1.807) is 6.20 Å². The highest BCUT2D eigenvalue weighted by molar-refractivity contribution is 6.30. The zero-order valence-corrected chi connectivity index (χ0v) is 12.2. The molecule has 1 atom stereocenters. The summed E-state index contributed by atoms with van der Waals surface area (Å²) in [6, 6.07) is 17.9. The molecule has 0 spiro atoms. The maximum Gasteiger partial charge on any atom is 0.140 e. The van der Waals surface area contributed by atoms with Gasteiger partial charge in [-0.25, -0.2) is 4.98 Å². The van der Waals surface area contributed by atoms with Gasteiger partial charge in [0.05, 0.1) is 6.04 Å². The van der Waals surface area contributed by atoms with Crippen LogP contribution in [0, 0.1) is 0 Å². The molecule has 0 amide bonds. The second kappa shape index (κ2) is 6.12. The number of halogens is 1. The molecule has 3 rings (SSSR count). The van der Waals surface area contributed by atoms with Gasteiger partial charge in [0.2, 0.25) is 0 Å². The van der Waals surface area contributed by atoms with Crippen molar-refractivity contribution in [1.82, 2.24) is 9.55 Å². The van der Waals surface area contributed by atoms with Gasteiger partial charge in [-0.3, -0.25) is 0 Å². The normalized spacial score (nSPS) is 12.3. The molecule has 0 saturated heterocycles. The molecule has 4 heteroatoms. The number of aromatic nitrogens is 2. The highest BCUT2D eigenvalue weighted by atomic mass is 35.5. The standard InChI is InChI=1S/C17H16ClN3/c18-15-8-6-13(7-9-15)16(12-19)21-11-10-20-17(21)14-4-2-1-3-5-14/h1-11,16H,12,19H2. The Bertz CT molecular complexity index is 704. The van der Waals surface area contributed by atoms with E-state index < -0.39 is 0 Å². The number of nitrogens with two attached hydrogens (primary N) is 1. The maximum atomic E-state index is 6.00. The van der Waals surface area contributed by atoms with Gasteiger partial charge in [-0.2, -0.15) is 0 Å². The summed E-state index contributed by atoms with van der Waals surface area (Å²) in [7, 11) is 0. The molecule has 3 nitrogen and oxygen atoms in total. The van der Waals surface area contributed by atoms with Gasteiger partial charge in [-0.15, -0.1) is 0 Å². The van der Waals surface area contributed by atoms with E-state index in [1.807, 2.05) is 60.8 Å². The van der Waals surface area contributed by atoms with E-state index in [4.69, 9.17) is 17.3 Å². The summed E-state index contributed by atoms with van der Waals surface area (Å²) in [5.74, 6) is 0.918. The Morgan fingerprint density at radius 1 is 1.05 bits per heavy atom. The molecule has 0 fully saturated rings.